The average Bonchev–Trinajstić information content (AvgIpc) is 2.26. The first-order valence-corrected chi connectivity index (χ1v) is 5.22. The van der Waals surface area contributed by atoms with Crippen molar-refractivity contribution >= 4 is 6.34 Å². The molecule has 1 aromatic rings. The normalized spacial score (nSPS) is 22.6. The van der Waals surface area contributed by atoms with Crippen LogP contribution in [0, 0.1) is 0 Å². The number of rotatable bonds is 2. The molecule has 0 fully saturated rings. The topological polar surface area (TPSA) is 85.7 Å². The van der Waals surface area contributed by atoms with Crippen LogP contribution in [0.3, 0.4) is 0 Å². The summed E-state index contributed by atoms with van der Waals surface area (Å²) in [7, 11) is 0. The lowest BCUT2D eigenvalue weighted by atomic mass is 9.99. The predicted octanol–water partition coefficient (Wildman–Crippen LogP) is 1.13. The minimum absolute atomic E-state index is 0.264. The third-order valence-electron chi connectivity index (χ3n) is 2.41. The average molecular weight is 272 g/mol. The van der Waals surface area contributed by atoms with E-state index in [1.807, 2.05) is 0 Å². The molecular weight excluding hydrogens is 261 g/mol. The maximum absolute atomic E-state index is 12.1. The van der Waals surface area contributed by atoms with Crippen molar-refractivity contribution in [2.45, 2.75) is 12.0 Å². The van der Waals surface area contributed by atoms with Crippen LogP contribution in [-0.4, -0.2) is 12.7 Å². The molecule has 1 aliphatic heterocycles. The Labute approximate surface area is 106 Å². The first-order valence-electron chi connectivity index (χ1n) is 5.22. The standard InChI is InChI=1S/C11H11F3N4O/c12-11(13,14)19-8-3-1-2-7(4-8)10(16)5-9(15)17-6-18-10/h1-6H,15-16H2,(H,17,18). The van der Waals surface area contributed by atoms with Crippen molar-refractivity contribution in [2.24, 2.45) is 16.5 Å². The molecule has 19 heavy (non-hydrogen) atoms. The Balaban J connectivity index is 2.33. The summed E-state index contributed by atoms with van der Waals surface area (Å²) in [6.07, 6.45) is -2.07. The fraction of sp³-hybridized carbons (Fsp3) is 0.182. The molecule has 0 amide bonds. The highest BCUT2D eigenvalue weighted by atomic mass is 19.4. The Morgan fingerprint density at radius 3 is 2.68 bits per heavy atom. The van der Waals surface area contributed by atoms with Gasteiger partial charge in [-0.3, -0.25) is 5.73 Å². The molecule has 0 aromatic heterocycles. The summed E-state index contributed by atoms with van der Waals surface area (Å²) in [6.45, 7) is 0. The Kier molecular flexibility index (Phi) is 3.11. The first kappa shape index (κ1) is 13.2. The largest absolute Gasteiger partial charge is 0.573 e. The molecule has 1 atom stereocenters. The fourth-order valence-electron chi connectivity index (χ4n) is 1.63. The van der Waals surface area contributed by atoms with Crippen LogP contribution in [0.15, 0.2) is 41.2 Å². The maximum atomic E-state index is 12.1. The molecule has 2 rings (SSSR count). The molecule has 0 radical (unpaired) electrons. The fourth-order valence-corrected chi connectivity index (χ4v) is 1.63. The highest BCUT2D eigenvalue weighted by Gasteiger charge is 2.32. The number of nitrogens with one attached hydrogen (secondary N) is 1. The Morgan fingerprint density at radius 2 is 2.05 bits per heavy atom. The van der Waals surface area contributed by atoms with Crippen molar-refractivity contribution < 1.29 is 17.9 Å². The summed E-state index contributed by atoms with van der Waals surface area (Å²) in [5.41, 5.74) is 10.5. The molecule has 5 nitrogen and oxygen atoms in total. The quantitative estimate of drug-likeness (QED) is 0.753. The summed E-state index contributed by atoms with van der Waals surface area (Å²) in [4.78, 5) is 3.97. The second-order valence-corrected chi connectivity index (χ2v) is 3.90. The van der Waals surface area contributed by atoms with Crippen LogP contribution < -0.4 is 21.5 Å². The van der Waals surface area contributed by atoms with Gasteiger partial charge in [-0.2, -0.15) is 0 Å². The zero-order chi connectivity index (χ0) is 14.1. The number of benzene rings is 1. The van der Waals surface area contributed by atoms with Gasteiger partial charge in [-0.25, -0.2) is 4.99 Å². The zero-order valence-electron chi connectivity index (χ0n) is 9.61. The van der Waals surface area contributed by atoms with Crippen molar-refractivity contribution in [3.63, 3.8) is 0 Å². The van der Waals surface area contributed by atoms with Gasteiger partial charge < -0.3 is 15.8 Å². The van der Waals surface area contributed by atoms with E-state index >= 15 is 0 Å². The Hall–Kier alpha value is -2.22. The van der Waals surface area contributed by atoms with Crippen LogP contribution in [0.1, 0.15) is 5.56 Å². The van der Waals surface area contributed by atoms with Crippen molar-refractivity contribution in [3.05, 3.63) is 41.7 Å². The minimum atomic E-state index is -4.76. The molecule has 0 saturated heterocycles. The number of aliphatic imine (C=N–C) groups is 1. The van der Waals surface area contributed by atoms with E-state index in [2.05, 4.69) is 15.0 Å². The lowest BCUT2D eigenvalue weighted by molar-refractivity contribution is -0.274. The maximum Gasteiger partial charge on any atom is 0.573 e. The van der Waals surface area contributed by atoms with Gasteiger partial charge in [0.1, 0.15) is 11.6 Å². The smallest absolute Gasteiger partial charge is 0.406 e. The summed E-state index contributed by atoms with van der Waals surface area (Å²) >= 11 is 0. The van der Waals surface area contributed by atoms with Gasteiger partial charge in [0.25, 0.3) is 0 Å². The summed E-state index contributed by atoms with van der Waals surface area (Å²) in [5.74, 6) is -0.102. The van der Waals surface area contributed by atoms with Crippen molar-refractivity contribution in [2.75, 3.05) is 0 Å². The van der Waals surface area contributed by atoms with Gasteiger partial charge in [-0.1, -0.05) is 12.1 Å². The van der Waals surface area contributed by atoms with E-state index in [-0.39, 0.29) is 11.6 Å². The second kappa shape index (κ2) is 4.47. The lowest BCUT2D eigenvalue weighted by Gasteiger charge is -2.26. The monoisotopic (exact) mass is 272 g/mol. The van der Waals surface area contributed by atoms with Gasteiger partial charge in [-0.05, 0) is 12.1 Å². The van der Waals surface area contributed by atoms with Gasteiger partial charge in [0.05, 0.1) is 6.34 Å². The third-order valence-corrected chi connectivity index (χ3v) is 2.41. The van der Waals surface area contributed by atoms with Crippen LogP contribution in [0.5, 0.6) is 5.75 Å². The molecule has 1 aromatic carbocycles. The number of nitrogens with two attached hydrogens (primary N) is 2. The highest BCUT2D eigenvalue weighted by Crippen LogP contribution is 2.29. The van der Waals surface area contributed by atoms with Crippen LogP contribution >= 0.6 is 0 Å². The van der Waals surface area contributed by atoms with Crippen LogP contribution in [0.2, 0.25) is 0 Å². The van der Waals surface area contributed by atoms with Crippen molar-refractivity contribution in [3.8, 4) is 5.75 Å². The van der Waals surface area contributed by atoms with Crippen LogP contribution in [0.4, 0.5) is 13.2 Å². The van der Waals surface area contributed by atoms with Crippen LogP contribution in [0.25, 0.3) is 0 Å². The van der Waals surface area contributed by atoms with E-state index in [9.17, 15) is 13.2 Å². The van der Waals surface area contributed by atoms with E-state index in [1.54, 1.807) is 0 Å². The molecule has 102 valence electrons. The predicted molar refractivity (Wildman–Crippen MR) is 62.9 cm³/mol. The Bertz CT molecular complexity index is 541. The summed E-state index contributed by atoms with van der Waals surface area (Å²) < 4.78 is 40.3. The molecule has 0 aliphatic carbocycles. The third kappa shape index (κ3) is 3.16. The first-order chi connectivity index (χ1) is 8.78. The molecule has 0 bridgehead atoms. The highest BCUT2D eigenvalue weighted by molar-refractivity contribution is 5.61. The van der Waals surface area contributed by atoms with Gasteiger partial charge >= 0.3 is 6.36 Å². The molecule has 0 saturated carbocycles. The molecule has 1 aliphatic rings. The van der Waals surface area contributed by atoms with E-state index in [1.165, 1.54) is 36.7 Å². The number of halogens is 3. The summed E-state index contributed by atoms with van der Waals surface area (Å²) in [6, 6.07) is 5.28. The molecule has 1 unspecified atom stereocenters. The van der Waals surface area contributed by atoms with E-state index in [0.29, 0.717) is 5.56 Å². The number of hydrogen-bond acceptors (Lipinski definition) is 5. The van der Waals surface area contributed by atoms with Gasteiger partial charge in [0.2, 0.25) is 0 Å². The summed E-state index contributed by atoms with van der Waals surface area (Å²) in [5, 5.41) is 2.62. The SMILES string of the molecule is NC1=CC(N)(c2cccc(OC(F)(F)F)c2)N=CN1. The molecule has 0 spiro atoms. The van der Waals surface area contributed by atoms with Gasteiger partial charge in [0, 0.05) is 11.6 Å². The molecule has 5 N–H and O–H groups in total. The molecular formula is C11H11F3N4O. The van der Waals surface area contributed by atoms with Crippen LogP contribution in [-0.2, 0) is 5.66 Å². The van der Waals surface area contributed by atoms with Gasteiger partial charge in [0.15, 0.2) is 5.66 Å². The van der Waals surface area contributed by atoms with Crippen molar-refractivity contribution in [1.29, 1.82) is 0 Å². The van der Waals surface area contributed by atoms with Crippen molar-refractivity contribution in [1.82, 2.24) is 5.32 Å². The number of alkyl halides is 3. The van der Waals surface area contributed by atoms with E-state index < -0.39 is 12.0 Å². The Morgan fingerprint density at radius 1 is 1.32 bits per heavy atom. The zero-order valence-corrected chi connectivity index (χ0v) is 9.61. The number of hydrogen-bond donors (Lipinski definition) is 3. The molecule has 8 heteroatoms. The van der Waals surface area contributed by atoms with Gasteiger partial charge in [-0.15, -0.1) is 13.2 Å². The molecule has 1 heterocycles. The second-order valence-electron chi connectivity index (χ2n) is 3.90. The van der Waals surface area contributed by atoms with E-state index in [4.69, 9.17) is 11.5 Å². The lowest BCUT2D eigenvalue weighted by Crippen LogP contribution is -2.39. The number of nitrogens with zero attached hydrogens (tertiary/aromatic N) is 1. The number of ether oxygens (including phenoxy) is 1. The van der Waals surface area contributed by atoms with E-state index in [0.717, 1.165) is 0 Å². The minimum Gasteiger partial charge on any atom is -0.406 e.